The average Bonchev–Trinajstić information content (AvgIpc) is 2.99. The number of hydrogen-bond acceptors (Lipinski definition) is 3. The van der Waals surface area contributed by atoms with Gasteiger partial charge in [-0.3, -0.25) is 4.79 Å². The Morgan fingerprint density at radius 2 is 2.09 bits per heavy atom. The number of rotatable bonds is 0. The number of amides is 1. The molecule has 4 rings (SSSR count). The van der Waals surface area contributed by atoms with Gasteiger partial charge >= 0.3 is 0 Å². The molecule has 0 spiro atoms. The minimum atomic E-state index is -0.0192. The number of thiophene rings is 1. The van der Waals surface area contributed by atoms with Gasteiger partial charge in [0.2, 0.25) is 0 Å². The van der Waals surface area contributed by atoms with Gasteiger partial charge in [-0.05, 0) is 54.4 Å². The molecule has 0 fully saturated rings. The number of pyridine rings is 1. The van der Waals surface area contributed by atoms with Crippen molar-refractivity contribution in [2.75, 3.05) is 0 Å². The molecule has 112 valence electrons. The molecule has 3 aromatic heterocycles. The van der Waals surface area contributed by atoms with Crippen LogP contribution in [0.4, 0.5) is 0 Å². The molecular weight excluding hydrogens is 362 g/mol. The van der Waals surface area contributed by atoms with E-state index in [2.05, 4.69) is 56.8 Å². The van der Waals surface area contributed by atoms with Gasteiger partial charge < -0.3 is 9.88 Å². The first kappa shape index (κ1) is 14.0. The average molecular weight is 376 g/mol. The minimum Gasteiger partial charge on any atom is -0.346 e. The van der Waals surface area contributed by atoms with E-state index in [1.165, 1.54) is 11.3 Å². The Morgan fingerprint density at radius 1 is 1.32 bits per heavy atom. The fraction of sp³-hybridized carbons (Fsp3) is 0.250. The third kappa shape index (κ3) is 1.74. The fourth-order valence-corrected chi connectivity index (χ4v) is 4.55. The lowest BCUT2D eigenvalue weighted by atomic mass is 10.1. The molecule has 0 bridgehead atoms. The van der Waals surface area contributed by atoms with Crippen molar-refractivity contribution in [3.05, 3.63) is 44.1 Å². The van der Waals surface area contributed by atoms with E-state index in [0.29, 0.717) is 6.54 Å². The first-order valence-corrected chi connectivity index (χ1v) is 8.65. The molecule has 4 heterocycles. The molecule has 22 heavy (non-hydrogen) atoms. The Labute approximate surface area is 140 Å². The third-order valence-corrected chi connectivity index (χ3v) is 6.41. The largest absolute Gasteiger partial charge is 0.346 e. The van der Waals surface area contributed by atoms with Crippen molar-refractivity contribution in [2.24, 2.45) is 0 Å². The number of fused-ring (bicyclic) bond motifs is 5. The predicted molar refractivity (Wildman–Crippen MR) is 92.0 cm³/mol. The van der Waals surface area contributed by atoms with Crippen molar-refractivity contribution in [3.63, 3.8) is 0 Å². The molecular formula is C16H14BrN3OS. The molecule has 1 aliphatic heterocycles. The second-order valence-electron chi connectivity index (χ2n) is 5.58. The van der Waals surface area contributed by atoms with Gasteiger partial charge in [0.25, 0.3) is 5.91 Å². The van der Waals surface area contributed by atoms with Crippen LogP contribution in [0.2, 0.25) is 0 Å². The third-order valence-electron chi connectivity index (χ3n) is 4.17. The van der Waals surface area contributed by atoms with Crippen molar-refractivity contribution >= 4 is 43.4 Å². The number of halogens is 1. The minimum absolute atomic E-state index is 0.0192. The summed E-state index contributed by atoms with van der Waals surface area (Å²) in [6, 6.07) is 4.16. The Balaban J connectivity index is 2.23. The molecule has 3 aromatic rings. The normalized spacial score (nSPS) is 13.7. The summed E-state index contributed by atoms with van der Waals surface area (Å²) in [7, 11) is 0. The fourth-order valence-electron chi connectivity index (χ4n) is 3.08. The summed E-state index contributed by atoms with van der Waals surface area (Å²) >= 11 is 5.10. The van der Waals surface area contributed by atoms with Crippen molar-refractivity contribution in [1.82, 2.24) is 14.9 Å². The standard InChI is InChI=1S/C16H14BrN3OS/c1-7-4-5-10-6-18-15(21)14-13(20(7)10)11-8(2)12(17)9(3)19-16(11)22-14/h4-5H,6H2,1-3H3,(H,18,21). The molecule has 6 heteroatoms. The van der Waals surface area contributed by atoms with Crippen LogP contribution in [-0.4, -0.2) is 15.5 Å². The van der Waals surface area contributed by atoms with Gasteiger partial charge in [-0.2, -0.15) is 0 Å². The zero-order valence-corrected chi connectivity index (χ0v) is 14.9. The van der Waals surface area contributed by atoms with Crippen molar-refractivity contribution in [2.45, 2.75) is 27.3 Å². The molecule has 1 amide bonds. The predicted octanol–water partition coefficient (Wildman–Crippen LogP) is 4.02. The SMILES string of the molecule is Cc1nc2sc3c(c2c(C)c1Br)-n1c(C)ccc1CNC3=O. The maximum absolute atomic E-state index is 12.5. The molecule has 0 saturated heterocycles. The summed E-state index contributed by atoms with van der Waals surface area (Å²) in [5.74, 6) is -0.0192. The van der Waals surface area contributed by atoms with Gasteiger partial charge in [-0.25, -0.2) is 4.98 Å². The smallest absolute Gasteiger partial charge is 0.263 e. The lowest BCUT2D eigenvalue weighted by molar-refractivity contribution is 0.0957. The summed E-state index contributed by atoms with van der Waals surface area (Å²) in [6.45, 7) is 6.68. The van der Waals surface area contributed by atoms with Gasteiger partial charge in [-0.1, -0.05) is 0 Å². The number of nitrogens with one attached hydrogen (secondary N) is 1. The Hall–Kier alpha value is -1.66. The van der Waals surface area contributed by atoms with Crippen LogP contribution in [0.5, 0.6) is 0 Å². The number of carbonyl (C=O) groups is 1. The topological polar surface area (TPSA) is 46.9 Å². The maximum atomic E-state index is 12.5. The van der Waals surface area contributed by atoms with Crippen LogP contribution in [0.1, 0.15) is 32.3 Å². The summed E-state index contributed by atoms with van der Waals surface area (Å²) in [5.41, 5.74) is 5.28. The highest BCUT2D eigenvalue weighted by molar-refractivity contribution is 9.10. The van der Waals surface area contributed by atoms with Crippen LogP contribution in [0.3, 0.4) is 0 Å². The molecule has 1 aliphatic rings. The molecule has 0 unspecified atom stereocenters. The van der Waals surface area contributed by atoms with Crippen molar-refractivity contribution < 1.29 is 4.79 Å². The van der Waals surface area contributed by atoms with Crippen LogP contribution in [0, 0.1) is 20.8 Å². The van der Waals surface area contributed by atoms with Crippen molar-refractivity contribution in [1.29, 1.82) is 0 Å². The lowest BCUT2D eigenvalue weighted by Gasteiger charge is -2.11. The zero-order chi connectivity index (χ0) is 15.6. The van der Waals surface area contributed by atoms with Crippen LogP contribution >= 0.6 is 27.3 Å². The van der Waals surface area contributed by atoms with E-state index in [0.717, 1.165) is 47.9 Å². The highest BCUT2D eigenvalue weighted by Crippen LogP contribution is 2.40. The zero-order valence-electron chi connectivity index (χ0n) is 12.5. The maximum Gasteiger partial charge on any atom is 0.263 e. The lowest BCUT2D eigenvalue weighted by Crippen LogP contribution is -2.20. The molecule has 0 saturated carbocycles. The molecule has 0 aromatic carbocycles. The van der Waals surface area contributed by atoms with Gasteiger partial charge in [-0.15, -0.1) is 11.3 Å². The first-order valence-electron chi connectivity index (χ1n) is 7.04. The molecule has 4 nitrogen and oxygen atoms in total. The first-order chi connectivity index (χ1) is 10.5. The number of nitrogens with zero attached hydrogens (tertiary/aromatic N) is 2. The second-order valence-corrected chi connectivity index (χ2v) is 7.37. The van der Waals surface area contributed by atoms with Crippen molar-refractivity contribution in [3.8, 4) is 5.69 Å². The van der Waals surface area contributed by atoms with Gasteiger partial charge in [0, 0.05) is 21.2 Å². The van der Waals surface area contributed by atoms with Crippen LogP contribution < -0.4 is 5.32 Å². The monoisotopic (exact) mass is 375 g/mol. The highest BCUT2D eigenvalue weighted by Gasteiger charge is 2.27. The van der Waals surface area contributed by atoms with Gasteiger partial charge in [0.15, 0.2) is 0 Å². The Kier molecular flexibility index (Phi) is 2.96. The number of aromatic nitrogens is 2. The summed E-state index contributed by atoms with van der Waals surface area (Å²) < 4.78 is 3.19. The van der Waals surface area contributed by atoms with E-state index in [1.807, 2.05) is 6.92 Å². The Morgan fingerprint density at radius 3 is 2.86 bits per heavy atom. The van der Waals surface area contributed by atoms with E-state index in [4.69, 9.17) is 0 Å². The molecule has 0 atom stereocenters. The second kappa shape index (κ2) is 4.67. The quantitative estimate of drug-likeness (QED) is 0.644. The van der Waals surface area contributed by atoms with E-state index in [-0.39, 0.29) is 5.91 Å². The summed E-state index contributed by atoms with van der Waals surface area (Å²) in [6.07, 6.45) is 0. The highest BCUT2D eigenvalue weighted by atomic mass is 79.9. The number of carbonyl (C=O) groups excluding carboxylic acids is 1. The van der Waals surface area contributed by atoms with Crippen LogP contribution in [0.15, 0.2) is 16.6 Å². The molecule has 0 radical (unpaired) electrons. The van der Waals surface area contributed by atoms with Crippen LogP contribution in [-0.2, 0) is 6.54 Å². The molecule has 1 N–H and O–H groups in total. The van der Waals surface area contributed by atoms with E-state index in [9.17, 15) is 4.79 Å². The summed E-state index contributed by atoms with van der Waals surface area (Å²) in [5, 5.41) is 4.06. The van der Waals surface area contributed by atoms with Gasteiger partial charge in [0.1, 0.15) is 9.71 Å². The summed E-state index contributed by atoms with van der Waals surface area (Å²) in [4.78, 5) is 18.8. The number of hydrogen-bond donors (Lipinski definition) is 1. The van der Waals surface area contributed by atoms with Gasteiger partial charge in [0.05, 0.1) is 17.9 Å². The van der Waals surface area contributed by atoms with E-state index < -0.39 is 0 Å². The number of aryl methyl sites for hydroxylation is 3. The molecule has 0 aliphatic carbocycles. The Bertz CT molecular complexity index is 954. The van der Waals surface area contributed by atoms with Crippen LogP contribution in [0.25, 0.3) is 15.9 Å². The van der Waals surface area contributed by atoms with E-state index in [1.54, 1.807) is 0 Å². The van der Waals surface area contributed by atoms with E-state index >= 15 is 0 Å².